The summed E-state index contributed by atoms with van der Waals surface area (Å²) >= 11 is 0. The highest BCUT2D eigenvalue weighted by Crippen LogP contribution is 2.29. The molecule has 2 atom stereocenters. The lowest BCUT2D eigenvalue weighted by molar-refractivity contribution is -0.132. The zero-order valence-corrected chi connectivity index (χ0v) is 15.5. The van der Waals surface area contributed by atoms with Gasteiger partial charge in [0.1, 0.15) is 5.75 Å². The molecule has 1 aromatic carbocycles. The monoisotopic (exact) mass is 352 g/mol. The third-order valence-electron chi connectivity index (χ3n) is 5.25. The number of aryl methyl sites for hydroxylation is 1. The molecule has 2 heterocycles. The van der Waals surface area contributed by atoms with Crippen LogP contribution in [0.25, 0.3) is 0 Å². The third-order valence-corrected chi connectivity index (χ3v) is 5.25. The van der Waals surface area contributed by atoms with Crippen LogP contribution in [0.5, 0.6) is 5.75 Å². The van der Waals surface area contributed by atoms with Crippen LogP contribution in [-0.4, -0.2) is 42.6 Å². The van der Waals surface area contributed by atoms with E-state index in [1.165, 1.54) is 18.4 Å². The van der Waals surface area contributed by atoms with E-state index in [0.717, 1.165) is 25.0 Å². The first-order chi connectivity index (χ1) is 11.2. The molecule has 0 saturated carbocycles. The van der Waals surface area contributed by atoms with E-state index in [1.807, 2.05) is 31.0 Å². The van der Waals surface area contributed by atoms with Gasteiger partial charge in [0, 0.05) is 31.6 Å². The van der Waals surface area contributed by atoms with E-state index >= 15 is 0 Å². The number of ether oxygens (including phenoxy) is 1. The molecule has 1 amide bonds. The predicted molar refractivity (Wildman–Crippen MR) is 98.9 cm³/mol. The van der Waals surface area contributed by atoms with E-state index in [9.17, 15) is 4.79 Å². The van der Waals surface area contributed by atoms with Crippen molar-refractivity contribution in [2.75, 3.05) is 13.7 Å². The second-order valence-electron chi connectivity index (χ2n) is 6.84. The van der Waals surface area contributed by atoms with E-state index in [2.05, 4.69) is 17.4 Å². The lowest BCUT2D eigenvalue weighted by Gasteiger charge is -2.35. The van der Waals surface area contributed by atoms with Gasteiger partial charge in [0.2, 0.25) is 5.91 Å². The molecule has 134 valence electrons. The lowest BCUT2D eigenvalue weighted by Crippen LogP contribution is -2.48. The lowest BCUT2D eigenvalue weighted by atomic mass is 9.98. The van der Waals surface area contributed by atoms with Gasteiger partial charge in [-0.1, -0.05) is 12.1 Å². The Morgan fingerprint density at radius 2 is 1.83 bits per heavy atom. The van der Waals surface area contributed by atoms with Crippen molar-refractivity contribution in [3.05, 3.63) is 29.8 Å². The molecule has 2 unspecified atom stereocenters. The molecule has 3 rings (SSSR count). The van der Waals surface area contributed by atoms with E-state index in [0.29, 0.717) is 31.2 Å². The molecule has 2 aliphatic heterocycles. The van der Waals surface area contributed by atoms with Gasteiger partial charge in [-0.05, 0) is 56.7 Å². The number of rotatable bonds is 6. The standard InChI is InChI=1S/C19H28N2O2.ClH/c1-3-23-18-9-4-14(5-10-18)6-11-19(22)21(2)17-12-15-7-8-16(13-17)20-15;/h4-5,9-10,15-17,20H,3,6-8,11-13H2,1-2H3;1H. The first kappa shape index (κ1) is 19.1. The van der Waals surface area contributed by atoms with Gasteiger partial charge in [-0.3, -0.25) is 4.79 Å². The number of fused-ring (bicyclic) bond motifs is 2. The second-order valence-corrected chi connectivity index (χ2v) is 6.84. The average molecular weight is 353 g/mol. The Bertz CT molecular complexity index is 523. The maximum atomic E-state index is 12.5. The molecule has 2 aliphatic rings. The van der Waals surface area contributed by atoms with Gasteiger partial charge in [0.15, 0.2) is 0 Å². The predicted octanol–water partition coefficient (Wildman–Crippen LogP) is 3.18. The van der Waals surface area contributed by atoms with Crippen molar-refractivity contribution in [2.24, 2.45) is 0 Å². The molecule has 0 radical (unpaired) electrons. The average Bonchev–Trinajstić information content (AvgIpc) is 2.91. The highest BCUT2D eigenvalue weighted by Gasteiger charge is 2.36. The minimum atomic E-state index is 0. The van der Waals surface area contributed by atoms with Crippen molar-refractivity contribution < 1.29 is 9.53 Å². The summed E-state index contributed by atoms with van der Waals surface area (Å²) in [4.78, 5) is 14.5. The maximum Gasteiger partial charge on any atom is 0.222 e. The van der Waals surface area contributed by atoms with Crippen LogP contribution in [0.1, 0.15) is 44.6 Å². The first-order valence-electron chi connectivity index (χ1n) is 8.89. The summed E-state index contributed by atoms with van der Waals surface area (Å²) in [5.74, 6) is 1.16. The number of carbonyl (C=O) groups excluding carboxylic acids is 1. The Kier molecular flexibility index (Phi) is 6.93. The van der Waals surface area contributed by atoms with Crippen molar-refractivity contribution in [1.82, 2.24) is 10.2 Å². The fourth-order valence-electron chi connectivity index (χ4n) is 3.89. The molecular weight excluding hydrogens is 324 g/mol. The van der Waals surface area contributed by atoms with Crippen LogP contribution in [0.4, 0.5) is 0 Å². The molecule has 2 saturated heterocycles. The van der Waals surface area contributed by atoms with Crippen molar-refractivity contribution in [2.45, 2.75) is 63.6 Å². The highest BCUT2D eigenvalue weighted by atomic mass is 35.5. The summed E-state index contributed by atoms with van der Waals surface area (Å²) < 4.78 is 5.45. The molecular formula is C19H29ClN2O2. The van der Waals surface area contributed by atoms with Crippen molar-refractivity contribution in [3.63, 3.8) is 0 Å². The van der Waals surface area contributed by atoms with Crippen molar-refractivity contribution in [3.8, 4) is 5.75 Å². The molecule has 2 bridgehead atoms. The minimum Gasteiger partial charge on any atom is -0.494 e. The zero-order valence-electron chi connectivity index (χ0n) is 14.7. The summed E-state index contributed by atoms with van der Waals surface area (Å²) in [6.45, 7) is 2.66. The number of halogens is 1. The van der Waals surface area contributed by atoms with Crippen LogP contribution in [0.15, 0.2) is 24.3 Å². The van der Waals surface area contributed by atoms with Gasteiger partial charge < -0.3 is 15.0 Å². The van der Waals surface area contributed by atoms with Crippen LogP contribution in [0.2, 0.25) is 0 Å². The molecule has 1 aromatic rings. The number of hydrogen-bond acceptors (Lipinski definition) is 3. The number of benzene rings is 1. The van der Waals surface area contributed by atoms with E-state index in [4.69, 9.17) is 4.74 Å². The number of amides is 1. The van der Waals surface area contributed by atoms with Crippen LogP contribution >= 0.6 is 12.4 Å². The Hall–Kier alpha value is -1.26. The van der Waals surface area contributed by atoms with Gasteiger partial charge in [-0.15, -0.1) is 12.4 Å². The fraction of sp³-hybridized carbons (Fsp3) is 0.632. The highest BCUT2D eigenvalue weighted by molar-refractivity contribution is 5.85. The summed E-state index contributed by atoms with van der Waals surface area (Å²) in [6.07, 6.45) is 6.16. The SMILES string of the molecule is CCOc1ccc(CCC(=O)N(C)C2CC3CCC(C2)N3)cc1.Cl. The summed E-state index contributed by atoms with van der Waals surface area (Å²) in [5.41, 5.74) is 1.19. The summed E-state index contributed by atoms with van der Waals surface area (Å²) in [7, 11) is 1.98. The van der Waals surface area contributed by atoms with E-state index < -0.39 is 0 Å². The van der Waals surface area contributed by atoms with E-state index in [1.54, 1.807) is 0 Å². The fourth-order valence-corrected chi connectivity index (χ4v) is 3.89. The van der Waals surface area contributed by atoms with Crippen molar-refractivity contribution in [1.29, 1.82) is 0 Å². The number of nitrogens with one attached hydrogen (secondary N) is 1. The minimum absolute atomic E-state index is 0. The number of carbonyl (C=O) groups is 1. The molecule has 0 aliphatic carbocycles. The van der Waals surface area contributed by atoms with Crippen LogP contribution in [-0.2, 0) is 11.2 Å². The zero-order chi connectivity index (χ0) is 16.2. The largest absolute Gasteiger partial charge is 0.494 e. The molecule has 4 nitrogen and oxygen atoms in total. The molecule has 24 heavy (non-hydrogen) atoms. The Morgan fingerprint density at radius 1 is 1.21 bits per heavy atom. The Balaban J connectivity index is 0.00000208. The number of nitrogens with zero attached hydrogens (tertiary/aromatic N) is 1. The first-order valence-corrected chi connectivity index (χ1v) is 8.89. The van der Waals surface area contributed by atoms with E-state index in [-0.39, 0.29) is 18.3 Å². The topological polar surface area (TPSA) is 41.6 Å². The molecule has 0 aromatic heterocycles. The molecule has 0 spiro atoms. The summed E-state index contributed by atoms with van der Waals surface area (Å²) in [5, 5.41) is 3.64. The summed E-state index contributed by atoms with van der Waals surface area (Å²) in [6, 6.07) is 9.75. The molecule has 5 heteroatoms. The van der Waals surface area contributed by atoms with Crippen molar-refractivity contribution >= 4 is 18.3 Å². The Morgan fingerprint density at radius 3 is 2.42 bits per heavy atom. The molecule has 2 fully saturated rings. The quantitative estimate of drug-likeness (QED) is 0.855. The normalized spacial score (nSPS) is 25.0. The van der Waals surface area contributed by atoms with Gasteiger partial charge >= 0.3 is 0 Å². The third kappa shape index (κ3) is 4.64. The van der Waals surface area contributed by atoms with Gasteiger partial charge in [-0.2, -0.15) is 0 Å². The number of piperidine rings is 1. The maximum absolute atomic E-state index is 12.5. The van der Waals surface area contributed by atoms with Crippen LogP contribution in [0.3, 0.4) is 0 Å². The van der Waals surface area contributed by atoms with Crippen LogP contribution in [0, 0.1) is 0 Å². The molecule has 1 N–H and O–H groups in total. The second kappa shape index (κ2) is 8.72. The van der Waals surface area contributed by atoms with Crippen LogP contribution < -0.4 is 10.1 Å². The van der Waals surface area contributed by atoms with Gasteiger partial charge in [0.25, 0.3) is 0 Å². The smallest absolute Gasteiger partial charge is 0.222 e. The van der Waals surface area contributed by atoms with Gasteiger partial charge in [-0.25, -0.2) is 0 Å². The Labute approximate surface area is 151 Å². The van der Waals surface area contributed by atoms with Gasteiger partial charge in [0.05, 0.1) is 6.61 Å². The number of hydrogen-bond donors (Lipinski definition) is 1.